The number of nitrogens with one attached hydrogen (secondary N) is 1. The lowest BCUT2D eigenvalue weighted by atomic mass is 10.1. The van der Waals surface area contributed by atoms with Crippen LogP contribution in [0.5, 0.6) is 0 Å². The van der Waals surface area contributed by atoms with Crippen molar-refractivity contribution in [1.82, 2.24) is 4.98 Å². The van der Waals surface area contributed by atoms with Gasteiger partial charge in [0.2, 0.25) is 0 Å². The molecular weight excluding hydrogens is 431 g/mol. The smallest absolute Gasteiger partial charge is 0.257 e. The van der Waals surface area contributed by atoms with E-state index in [1.807, 2.05) is 12.1 Å². The second-order valence-corrected chi connectivity index (χ2v) is 9.25. The highest BCUT2D eigenvalue weighted by atomic mass is 35.5. The van der Waals surface area contributed by atoms with Crippen LogP contribution in [0, 0.1) is 0 Å². The van der Waals surface area contributed by atoms with Gasteiger partial charge in [-0.2, -0.15) is 0 Å². The van der Waals surface area contributed by atoms with Gasteiger partial charge in [-0.1, -0.05) is 36.2 Å². The third-order valence-corrected chi connectivity index (χ3v) is 6.74. The minimum atomic E-state index is -3.41. The molecule has 0 atom stereocenters. The first kappa shape index (κ1) is 21.3. The van der Waals surface area contributed by atoms with Crippen molar-refractivity contribution in [2.75, 3.05) is 11.1 Å². The van der Waals surface area contributed by atoms with Crippen LogP contribution >= 0.6 is 23.2 Å². The molecule has 1 aromatic heterocycles. The first-order chi connectivity index (χ1) is 13.8. The van der Waals surface area contributed by atoms with Gasteiger partial charge in [0.05, 0.1) is 32.0 Å². The Morgan fingerprint density at radius 2 is 1.83 bits per heavy atom. The molecular formula is C21H18Cl2N2O3S. The molecule has 2 aromatic carbocycles. The number of anilines is 1. The summed E-state index contributed by atoms with van der Waals surface area (Å²) < 4.78 is 24.4. The average Bonchev–Trinajstić information content (AvgIpc) is 2.70. The summed E-state index contributed by atoms with van der Waals surface area (Å²) in [5, 5.41) is 3.33. The van der Waals surface area contributed by atoms with Crippen molar-refractivity contribution in [2.45, 2.75) is 18.2 Å². The molecule has 5 nitrogen and oxygen atoms in total. The molecule has 1 amide bonds. The van der Waals surface area contributed by atoms with Gasteiger partial charge < -0.3 is 5.32 Å². The predicted molar refractivity (Wildman–Crippen MR) is 116 cm³/mol. The maximum atomic E-state index is 12.7. The van der Waals surface area contributed by atoms with Crippen LogP contribution < -0.4 is 5.32 Å². The van der Waals surface area contributed by atoms with Crippen molar-refractivity contribution < 1.29 is 13.2 Å². The van der Waals surface area contributed by atoms with Gasteiger partial charge in [0, 0.05) is 17.4 Å². The molecule has 0 fully saturated rings. The van der Waals surface area contributed by atoms with Gasteiger partial charge in [0.1, 0.15) is 0 Å². The molecule has 0 aliphatic rings. The van der Waals surface area contributed by atoms with Crippen LogP contribution in [0.4, 0.5) is 5.69 Å². The topological polar surface area (TPSA) is 76.1 Å². The number of pyridine rings is 1. The number of nitrogens with zero attached hydrogens (tertiary/aromatic N) is 1. The second-order valence-electron chi connectivity index (χ2n) is 6.32. The Morgan fingerprint density at radius 1 is 1.03 bits per heavy atom. The molecule has 1 heterocycles. The van der Waals surface area contributed by atoms with Crippen LogP contribution in [-0.2, 0) is 9.84 Å². The molecule has 0 spiro atoms. The lowest BCUT2D eigenvalue weighted by molar-refractivity contribution is 0.102. The first-order valence-electron chi connectivity index (χ1n) is 8.86. The maximum absolute atomic E-state index is 12.7. The summed E-state index contributed by atoms with van der Waals surface area (Å²) in [5.41, 5.74) is 2.05. The van der Waals surface area contributed by atoms with Crippen LogP contribution in [-0.4, -0.2) is 25.1 Å². The molecule has 0 saturated carbocycles. The molecule has 0 aliphatic heterocycles. The molecule has 0 unspecified atom stereocenters. The summed E-state index contributed by atoms with van der Waals surface area (Å²) in [5.74, 6) is -0.431. The summed E-state index contributed by atoms with van der Waals surface area (Å²) in [6.45, 7) is 1.78. The van der Waals surface area contributed by atoms with E-state index < -0.39 is 15.7 Å². The van der Waals surface area contributed by atoms with Crippen molar-refractivity contribution in [2.24, 2.45) is 0 Å². The minimum absolute atomic E-state index is 0.0238. The number of rotatable bonds is 6. The van der Waals surface area contributed by atoms with Gasteiger partial charge in [-0.15, -0.1) is 0 Å². The van der Waals surface area contributed by atoms with Crippen LogP contribution in [0.1, 0.15) is 23.7 Å². The lowest BCUT2D eigenvalue weighted by Gasteiger charge is -2.11. The molecule has 1 N–H and O–H groups in total. The zero-order valence-electron chi connectivity index (χ0n) is 15.5. The van der Waals surface area contributed by atoms with Crippen molar-refractivity contribution in [1.29, 1.82) is 0 Å². The molecule has 29 heavy (non-hydrogen) atoms. The highest BCUT2D eigenvalue weighted by Crippen LogP contribution is 2.30. The second kappa shape index (κ2) is 8.95. The van der Waals surface area contributed by atoms with E-state index >= 15 is 0 Å². The Labute approximate surface area is 179 Å². The van der Waals surface area contributed by atoms with E-state index in [2.05, 4.69) is 10.3 Å². The van der Waals surface area contributed by atoms with Gasteiger partial charge in [0.15, 0.2) is 9.84 Å². The zero-order chi connectivity index (χ0) is 21.0. The summed E-state index contributed by atoms with van der Waals surface area (Å²) in [4.78, 5) is 17.0. The van der Waals surface area contributed by atoms with E-state index in [1.54, 1.807) is 37.4 Å². The number of carbonyl (C=O) groups excluding carboxylic acids is 1. The summed E-state index contributed by atoms with van der Waals surface area (Å²) in [7, 11) is -3.41. The Kier molecular flexibility index (Phi) is 6.57. The SMILES string of the molecule is CCCS(=O)(=O)c1ccc(C(=O)Nc2ccc(Cl)c(-c3ccccn3)c2)c(Cl)c1. The van der Waals surface area contributed by atoms with Gasteiger partial charge in [0.25, 0.3) is 5.91 Å². The number of amides is 1. The predicted octanol–water partition coefficient (Wildman–Crippen LogP) is 5.49. The highest BCUT2D eigenvalue weighted by molar-refractivity contribution is 7.91. The molecule has 0 bridgehead atoms. The Balaban J connectivity index is 1.86. The number of hydrogen-bond acceptors (Lipinski definition) is 4. The fourth-order valence-corrected chi connectivity index (χ4v) is 4.67. The third-order valence-electron chi connectivity index (χ3n) is 4.18. The molecule has 3 aromatic rings. The Bertz CT molecular complexity index is 1150. The van der Waals surface area contributed by atoms with Crippen LogP contribution in [0.15, 0.2) is 65.7 Å². The molecule has 0 saturated heterocycles. The Hall–Kier alpha value is -2.41. The number of hydrogen-bond donors (Lipinski definition) is 1. The fraction of sp³-hybridized carbons (Fsp3) is 0.143. The number of benzene rings is 2. The van der Waals surface area contributed by atoms with E-state index in [4.69, 9.17) is 23.2 Å². The first-order valence-corrected chi connectivity index (χ1v) is 11.3. The summed E-state index contributed by atoms with van der Waals surface area (Å²) >= 11 is 12.5. The molecule has 0 radical (unpaired) electrons. The van der Waals surface area contributed by atoms with Crippen LogP contribution in [0.3, 0.4) is 0 Å². The van der Waals surface area contributed by atoms with Gasteiger partial charge in [-0.3, -0.25) is 9.78 Å². The van der Waals surface area contributed by atoms with Gasteiger partial charge in [-0.05, 0) is 55.0 Å². The molecule has 150 valence electrons. The van der Waals surface area contributed by atoms with Crippen molar-refractivity contribution in [3.8, 4) is 11.3 Å². The molecule has 0 aliphatic carbocycles. The number of sulfone groups is 1. The lowest BCUT2D eigenvalue weighted by Crippen LogP contribution is -2.13. The van der Waals surface area contributed by atoms with E-state index in [0.29, 0.717) is 28.4 Å². The van der Waals surface area contributed by atoms with Gasteiger partial charge in [-0.25, -0.2) is 8.42 Å². The standard InChI is InChI=1S/C21H18Cl2N2O3S/c1-2-11-29(27,28)15-7-8-16(19(23)13-15)21(26)25-14-6-9-18(22)17(12-14)20-5-3-4-10-24-20/h3-10,12-13H,2,11H2,1H3,(H,25,26). The van der Waals surface area contributed by atoms with E-state index in [9.17, 15) is 13.2 Å². The van der Waals surface area contributed by atoms with Crippen LogP contribution in [0.2, 0.25) is 10.0 Å². The van der Waals surface area contributed by atoms with E-state index in [0.717, 1.165) is 0 Å². The summed E-state index contributed by atoms with van der Waals surface area (Å²) in [6, 6.07) is 14.6. The molecule has 3 rings (SSSR count). The minimum Gasteiger partial charge on any atom is -0.322 e. The zero-order valence-corrected chi connectivity index (χ0v) is 17.9. The molecule has 8 heteroatoms. The monoisotopic (exact) mass is 448 g/mol. The quantitative estimate of drug-likeness (QED) is 0.540. The van der Waals surface area contributed by atoms with E-state index in [-0.39, 0.29) is 21.2 Å². The van der Waals surface area contributed by atoms with Crippen molar-refractivity contribution in [3.05, 3.63) is 76.4 Å². The van der Waals surface area contributed by atoms with Crippen LogP contribution in [0.25, 0.3) is 11.3 Å². The van der Waals surface area contributed by atoms with E-state index in [1.165, 1.54) is 18.2 Å². The Morgan fingerprint density at radius 3 is 2.48 bits per heavy atom. The third kappa shape index (κ3) is 4.96. The van der Waals surface area contributed by atoms with Crippen molar-refractivity contribution in [3.63, 3.8) is 0 Å². The maximum Gasteiger partial charge on any atom is 0.257 e. The fourth-order valence-electron chi connectivity index (χ4n) is 2.78. The normalized spacial score (nSPS) is 11.3. The largest absolute Gasteiger partial charge is 0.322 e. The highest BCUT2D eigenvalue weighted by Gasteiger charge is 2.18. The van der Waals surface area contributed by atoms with Gasteiger partial charge >= 0.3 is 0 Å². The number of halogens is 2. The van der Waals surface area contributed by atoms with Crippen molar-refractivity contribution >= 4 is 44.6 Å². The summed E-state index contributed by atoms with van der Waals surface area (Å²) in [6.07, 6.45) is 2.15. The number of carbonyl (C=O) groups is 1. The average molecular weight is 449 g/mol. The number of aromatic nitrogens is 1.